The van der Waals surface area contributed by atoms with Crippen LogP contribution in [0.25, 0.3) is 0 Å². The van der Waals surface area contributed by atoms with Crippen molar-refractivity contribution in [3.05, 3.63) is 65.2 Å². The van der Waals surface area contributed by atoms with Crippen molar-refractivity contribution in [3.63, 3.8) is 0 Å². The number of carbonyl (C=O) groups excluding carboxylic acids is 1. The normalized spacial score (nSPS) is 12.8. The van der Waals surface area contributed by atoms with Gasteiger partial charge in [0.05, 0.1) is 18.0 Å². The lowest BCUT2D eigenvalue weighted by Gasteiger charge is -2.16. The second-order valence-corrected chi connectivity index (χ2v) is 7.42. The second-order valence-electron chi connectivity index (χ2n) is 5.48. The molecule has 0 unspecified atom stereocenters. The summed E-state index contributed by atoms with van der Waals surface area (Å²) in [6.45, 7) is 1.56. The highest BCUT2D eigenvalue weighted by molar-refractivity contribution is 7.89. The predicted molar refractivity (Wildman–Crippen MR) is 90.6 cm³/mol. The van der Waals surface area contributed by atoms with Gasteiger partial charge in [-0.15, -0.1) is 0 Å². The van der Waals surface area contributed by atoms with Crippen molar-refractivity contribution in [2.75, 3.05) is 14.2 Å². The number of nitrogens with one attached hydrogen (secondary N) is 1. The molecule has 0 radical (unpaired) electrons. The van der Waals surface area contributed by atoms with Crippen LogP contribution in [0.4, 0.5) is 8.78 Å². The number of nitrogens with zero attached hydrogens (tertiary/aromatic N) is 1. The van der Waals surface area contributed by atoms with Crippen LogP contribution in [-0.4, -0.2) is 33.0 Å². The summed E-state index contributed by atoms with van der Waals surface area (Å²) >= 11 is 0. The molecule has 26 heavy (non-hydrogen) atoms. The van der Waals surface area contributed by atoms with E-state index in [-0.39, 0.29) is 16.0 Å². The van der Waals surface area contributed by atoms with Gasteiger partial charge < -0.3 is 5.32 Å². The third kappa shape index (κ3) is 4.24. The lowest BCUT2D eigenvalue weighted by Crippen LogP contribution is -2.28. The summed E-state index contributed by atoms with van der Waals surface area (Å²) in [6.07, 6.45) is 0. The van der Waals surface area contributed by atoms with Crippen LogP contribution in [-0.2, 0) is 14.9 Å². The van der Waals surface area contributed by atoms with Crippen molar-refractivity contribution in [2.24, 2.45) is 0 Å². The van der Waals surface area contributed by atoms with Crippen LogP contribution in [0.2, 0.25) is 0 Å². The van der Waals surface area contributed by atoms with Crippen molar-refractivity contribution in [2.45, 2.75) is 17.9 Å². The number of halogens is 2. The molecule has 2 aromatic rings. The Kier molecular flexibility index (Phi) is 6.06. The van der Waals surface area contributed by atoms with Gasteiger partial charge in [-0.1, -0.05) is 10.5 Å². The van der Waals surface area contributed by atoms with E-state index in [2.05, 4.69) is 10.2 Å². The Morgan fingerprint density at radius 1 is 1.15 bits per heavy atom. The summed E-state index contributed by atoms with van der Waals surface area (Å²) in [4.78, 5) is 16.9. The minimum absolute atomic E-state index is 0.0453. The van der Waals surface area contributed by atoms with Gasteiger partial charge in [-0.3, -0.25) is 9.63 Å². The van der Waals surface area contributed by atoms with Crippen molar-refractivity contribution >= 4 is 15.9 Å². The summed E-state index contributed by atoms with van der Waals surface area (Å²) in [5.41, 5.74) is 0.332. The topological polar surface area (TPSA) is 75.7 Å². The molecule has 1 N–H and O–H groups in total. The summed E-state index contributed by atoms with van der Waals surface area (Å²) in [5.74, 6) is -1.99. The Labute approximate surface area is 150 Å². The van der Waals surface area contributed by atoms with Crippen molar-refractivity contribution < 1.29 is 26.8 Å². The first kappa shape index (κ1) is 20.0. The Morgan fingerprint density at radius 3 is 2.31 bits per heavy atom. The Morgan fingerprint density at radius 2 is 1.77 bits per heavy atom. The van der Waals surface area contributed by atoms with Gasteiger partial charge in [-0.05, 0) is 37.3 Å². The van der Waals surface area contributed by atoms with E-state index in [1.165, 1.54) is 44.5 Å². The Hall–Kier alpha value is -2.36. The van der Waals surface area contributed by atoms with E-state index in [9.17, 15) is 22.0 Å². The van der Waals surface area contributed by atoms with E-state index in [0.29, 0.717) is 4.47 Å². The molecule has 9 heteroatoms. The third-order valence-electron chi connectivity index (χ3n) is 3.79. The summed E-state index contributed by atoms with van der Waals surface area (Å²) < 4.78 is 51.6. The molecule has 2 rings (SSSR count). The van der Waals surface area contributed by atoms with Gasteiger partial charge in [-0.25, -0.2) is 17.2 Å². The fourth-order valence-electron chi connectivity index (χ4n) is 2.24. The first-order valence-corrected chi connectivity index (χ1v) is 8.99. The van der Waals surface area contributed by atoms with Crippen LogP contribution in [0.15, 0.2) is 47.4 Å². The van der Waals surface area contributed by atoms with Crippen LogP contribution >= 0.6 is 0 Å². The van der Waals surface area contributed by atoms with Gasteiger partial charge in [0.15, 0.2) is 0 Å². The fraction of sp³-hybridized carbons (Fsp3) is 0.235. The molecule has 2 aromatic carbocycles. The van der Waals surface area contributed by atoms with Crippen LogP contribution in [0.1, 0.15) is 28.9 Å². The van der Waals surface area contributed by atoms with Crippen LogP contribution < -0.4 is 5.32 Å². The summed E-state index contributed by atoms with van der Waals surface area (Å²) in [7, 11) is -1.35. The number of sulfonamides is 1. The second kappa shape index (κ2) is 7.90. The molecule has 0 aliphatic carbocycles. The zero-order chi connectivity index (χ0) is 19.5. The van der Waals surface area contributed by atoms with E-state index in [1.807, 2.05) is 0 Å². The Bertz CT molecular complexity index is 901. The lowest BCUT2D eigenvalue weighted by atomic mass is 10.1. The van der Waals surface area contributed by atoms with Gasteiger partial charge in [0.25, 0.3) is 15.9 Å². The maximum Gasteiger partial charge on any atom is 0.264 e. The largest absolute Gasteiger partial charge is 0.345 e. The smallest absolute Gasteiger partial charge is 0.264 e. The molecule has 6 nitrogen and oxygen atoms in total. The number of carbonyl (C=O) groups is 1. The molecular weight excluding hydrogens is 366 g/mol. The number of amides is 1. The minimum Gasteiger partial charge on any atom is -0.345 e. The van der Waals surface area contributed by atoms with Gasteiger partial charge in [0.2, 0.25) is 0 Å². The molecule has 0 fully saturated rings. The minimum atomic E-state index is -3.81. The molecule has 0 aliphatic heterocycles. The van der Waals surface area contributed by atoms with Crippen LogP contribution in [0.3, 0.4) is 0 Å². The summed E-state index contributed by atoms with van der Waals surface area (Å²) in [5, 5.41) is 2.58. The molecule has 0 saturated heterocycles. The maximum absolute atomic E-state index is 13.8. The third-order valence-corrected chi connectivity index (χ3v) is 5.48. The summed E-state index contributed by atoms with van der Waals surface area (Å²) in [6, 6.07) is 7.60. The van der Waals surface area contributed by atoms with E-state index < -0.39 is 33.6 Å². The molecule has 0 bridgehead atoms. The van der Waals surface area contributed by atoms with Gasteiger partial charge in [-0.2, -0.15) is 0 Å². The number of rotatable bonds is 6. The van der Waals surface area contributed by atoms with E-state index in [1.54, 1.807) is 6.92 Å². The van der Waals surface area contributed by atoms with Crippen molar-refractivity contribution in [3.8, 4) is 0 Å². The number of hydrogen-bond acceptors (Lipinski definition) is 4. The standard InChI is InChI=1S/C17H18F2N2O4S/c1-11(15-9-6-13(18)10-16(15)19)20-17(22)12-4-7-14(8-5-12)26(23,24)21(2)25-3/h4-11H,1-3H3,(H,20,22)/t11-/m0/s1. The Balaban J connectivity index is 2.15. The molecular formula is C17H18F2N2O4S. The average molecular weight is 384 g/mol. The van der Waals surface area contributed by atoms with Crippen molar-refractivity contribution in [1.82, 2.24) is 9.79 Å². The molecule has 0 saturated carbocycles. The fourth-order valence-corrected chi connectivity index (χ4v) is 3.21. The zero-order valence-corrected chi connectivity index (χ0v) is 15.2. The number of benzene rings is 2. The molecule has 0 heterocycles. The van der Waals surface area contributed by atoms with Gasteiger partial charge in [0, 0.05) is 24.2 Å². The molecule has 0 aliphatic rings. The van der Waals surface area contributed by atoms with E-state index >= 15 is 0 Å². The monoisotopic (exact) mass is 384 g/mol. The molecule has 1 atom stereocenters. The lowest BCUT2D eigenvalue weighted by molar-refractivity contribution is -0.0258. The molecule has 0 aromatic heterocycles. The van der Waals surface area contributed by atoms with E-state index in [4.69, 9.17) is 0 Å². The highest BCUT2D eigenvalue weighted by Crippen LogP contribution is 2.19. The first-order chi connectivity index (χ1) is 12.2. The SMILES string of the molecule is CON(C)S(=O)(=O)c1ccc(C(=O)N[C@@H](C)c2ccc(F)cc2F)cc1. The highest BCUT2D eigenvalue weighted by atomic mass is 32.2. The molecule has 140 valence electrons. The zero-order valence-electron chi connectivity index (χ0n) is 14.4. The van der Waals surface area contributed by atoms with Gasteiger partial charge in [0.1, 0.15) is 11.6 Å². The average Bonchev–Trinajstić information content (AvgIpc) is 2.60. The van der Waals surface area contributed by atoms with Crippen LogP contribution in [0.5, 0.6) is 0 Å². The van der Waals surface area contributed by atoms with Crippen LogP contribution in [0, 0.1) is 11.6 Å². The van der Waals surface area contributed by atoms with E-state index in [0.717, 1.165) is 12.1 Å². The van der Waals surface area contributed by atoms with Gasteiger partial charge >= 0.3 is 0 Å². The highest BCUT2D eigenvalue weighted by Gasteiger charge is 2.21. The van der Waals surface area contributed by atoms with Crippen molar-refractivity contribution in [1.29, 1.82) is 0 Å². The first-order valence-electron chi connectivity index (χ1n) is 7.55. The predicted octanol–water partition coefficient (Wildman–Crippen LogP) is 2.64. The molecule has 1 amide bonds. The number of hydroxylamine groups is 1. The quantitative estimate of drug-likeness (QED) is 0.777. The maximum atomic E-state index is 13.8. The number of hydrogen-bond donors (Lipinski definition) is 1. The molecule has 0 spiro atoms.